The van der Waals surface area contributed by atoms with E-state index >= 15 is 0 Å². The lowest BCUT2D eigenvalue weighted by molar-refractivity contribution is -0.115. The van der Waals surface area contributed by atoms with Gasteiger partial charge in [-0.05, 0) is 26.0 Å². The molecule has 10 nitrogen and oxygen atoms in total. The molecule has 11 heteroatoms. The van der Waals surface area contributed by atoms with Crippen LogP contribution in [0.25, 0.3) is 11.3 Å². The van der Waals surface area contributed by atoms with E-state index in [1.807, 2.05) is 13.0 Å². The molecular formula is C23H25N5O5S. The molecule has 3 aromatic rings. The minimum atomic E-state index is -0.595. The first-order chi connectivity index (χ1) is 16.2. The lowest BCUT2D eigenvalue weighted by Crippen LogP contribution is -2.24. The van der Waals surface area contributed by atoms with Crippen LogP contribution >= 0.6 is 11.8 Å². The normalized spacial score (nSPS) is 11.4. The Kier molecular flexibility index (Phi) is 7.90. The first-order valence-corrected chi connectivity index (χ1v) is 11.1. The van der Waals surface area contributed by atoms with Gasteiger partial charge in [0.25, 0.3) is 5.56 Å². The zero-order valence-electron chi connectivity index (χ0n) is 19.4. The molecule has 3 N–H and O–H groups in total. The summed E-state index contributed by atoms with van der Waals surface area (Å²) in [6.07, 6.45) is 0. The number of aromatic amines is 1. The van der Waals surface area contributed by atoms with Gasteiger partial charge in [0.15, 0.2) is 10.9 Å². The highest BCUT2D eigenvalue weighted by Crippen LogP contribution is 2.28. The summed E-state index contributed by atoms with van der Waals surface area (Å²) in [5.41, 5.74) is 1.90. The number of H-pyrrole nitrogens is 1. The number of methoxy groups -OCH3 is 2. The highest BCUT2D eigenvalue weighted by atomic mass is 32.2. The van der Waals surface area contributed by atoms with Gasteiger partial charge in [0.05, 0.1) is 25.2 Å². The molecule has 2 aromatic carbocycles. The quantitative estimate of drug-likeness (QED) is 0.416. The Morgan fingerprint density at radius 3 is 2.29 bits per heavy atom. The Labute approximate surface area is 200 Å². The number of amides is 2. The number of ether oxygens (including phenoxy) is 2. The van der Waals surface area contributed by atoms with Crippen LogP contribution in [0, 0.1) is 6.92 Å². The fourth-order valence-corrected chi connectivity index (χ4v) is 3.79. The van der Waals surface area contributed by atoms with Crippen LogP contribution in [0.1, 0.15) is 19.4 Å². The molecule has 0 spiro atoms. The molecule has 0 saturated carbocycles. The van der Waals surface area contributed by atoms with Gasteiger partial charge in [-0.25, -0.2) is 0 Å². The molecule has 178 valence electrons. The number of aryl methyl sites for hydroxylation is 1. The molecule has 3 rings (SSSR count). The lowest BCUT2D eigenvalue weighted by Gasteiger charge is -2.13. The van der Waals surface area contributed by atoms with Crippen molar-refractivity contribution in [1.29, 1.82) is 0 Å². The van der Waals surface area contributed by atoms with E-state index in [0.717, 1.165) is 17.3 Å². The van der Waals surface area contributed by atoms with Crippen LogP contribution in [0.5, 0.6) is 11.5 Å². The molecule has 34 heavy (non-hydrogen) atoms. The molecule has 0 aliphatic carbocycles. The first-order valence-electron chi connectivity index (χ1n) is 10.3. The predicted molar refractivity (Wildman–Crippen MR) is 131 cm³/mol. The third kappa shape index (κ3) is 6.13. The molecule has 0 fully saturated rings. The number of nitrogens with one attached hydrogen (secondary N) is 3. The highest BCUT2D eigenvalue weighted by molar-refractivity contribution is 8.00. The van der Waals surface area contributed by atoms with Crippen LogP contribution in [0.4, 0.5) is 11.4 Å². The van der Waals surface area contributed by atoms with Crippen LogP contribution < -0.4 is 25.7 Å². The van der Waals surface area contributed by atoms with E-state index in [1.54, 1.807) is 37.3 Å². The van der Waals surface area contributed by atoms with Gasteiger partial charge in [0.2, 0.25) is 11.8 Å². The second-order valence-corrected chi connectivity index (χ2v) is 8.72. The summed E-state index contributed by atoms with van der Waals surface area (Å²) < 4.78 is 10.4. The molecule has 0 aliphatic heterocycles. The van der Waals surface area contributed by atoms with E-state index < -0.39 is 10.8 Å². The summed E-state index contributed by atoms with van der Waals surface area (Å²) in [4.78, 5) is 39.6. The van der Waals surface area contributed by atoms with Crippen LogP contribution in [-0.2, 0) is 9.59 Å². The van der Waals surface area contributed by atoms with Crippen molar-refractivity contribution in [1.82, 2.24) is 15.2 Å². The average Bonchev–Trinajstić information content (AvgIpc) is 2.79. The van der Waals surface area contributed by atoms with Crippen molar-refractivity contribution in [3.63, 3.8) is 0 Å². The summed E-state index contributed by atoms with van der Waals surface area (Å²) in [6, 6.07) is 10.3. The second kappa shape index (κ2) is 10.8. The molecule has 0 bridgehead atoms. The Bertz CT molecular complexity index is 1250. The average molecular weight is 484 g/mol. The maximum Gasteiger partial charge on any atom is 0.278 e. The fourth-order valence-electron chi connectivity index (χ4n) is 3.05. The highest BCUT2D eigenvalue weighted by Gasteiger charge is 2.19. The number of hydrogen-bond donors (Lipinski definition) is 3. The number of carbonyl (C=O) groups excluding carboxylic acids is 2. The molecule has 0 aliphatic rings. The van der Waals surface area contributed by atoms with Crippen molar-refractivity contribution in [2.45, 2.75) is 31.2 Å². The van der Waals surface area contributed by atoms with Crippen molar-refractivity contribution in [2.24, 2.45) is 0 Å². The minimum Gasteiger partial charge on any atom is -0.497 e. The predicted octanol–water partition coefficient (Wildman–Crippen LogP) is 3.24. The van der Waals surface area contributed by atoms with Crippen LogP contribution in [-0.4, -0.2) is 46.5 Å². The van der Waals surface area contributed by atoms with Gasteiger partial charge in [-0.15, -0.1) is 10.2 Å². The topological polar surface area (TPSA) is 135 Å². The second-order valence-electron chi connectivity index (χ2n) is 7.39. The van der Waals surface area contributed by atoms with E-state index in [1.165, 1.54) is 21.1 Å². The van der Waals surface area contributed by atoms with Crippen molar-refractivity contribution in [3.05, 3.63) is 52.3 Å². The van der Waals surface area contributed by atoms with E-state index in [0.29, 0.717) is 28.4 Å². The zero-order chi connectivity index (χ0) is 24.8. The van der Waals surface area contributed by atoms with Gasteiger partial charge in [0.1, 0.15) is 11.5 Å². The summed E-state index contributed by atoms with van der Waals surface area (Å²) in [7, 11) is 3.04. The number of benzene rings is 2. The molecule has 0 saturated heterocycles. The van der Waals surface area contributed by atoms with Crippen molar-refractivity contribution in [3.8, 4) is 22.8 Å². The van der Waals surface area contributed by atoms with Crippen LogP contribution in [0.2, 0.25) is 0 Å². The SMILES string of the molecule is COc1cc(NC(=O)C(C)Sc2nnc(-c3cc(C)ccc3NC(C)=O)c(=O)[nH]2)cc(OC)c1. The summed E-state index contributed by atoms with van der Waals surface area (Å²) >= 11 is 1.05. The summed E-state index contributed by atoms with van der Waals surface area (Å²) in [5, 5.41) is 13.2. The third-order valence-corrected chi connectivity index (χ3v) is 5.67. The zero-order valence-corrected chi connectivity index (χ0v) is 20.2. The first kappa shape index (κ1) is 24.8. The van der Waals surface area contributed by atoms with Gasteiger partial charge in [-0.3, -0.25) is 19.4 Å². The van der Waals surface area contributed by atoms with E-state index in [9.17, 15) is 14.4 Å². The molecular weight excluding hydrogens is 458 g/mol. The Balaban J connectivity index is 1.77. The monoisotopic (exact) mass is 483 g/mol. The largest absolute Gasteiger partial charge is 0.497 e. The van der Waals surface area contributed by atoms with Gasteiger partial charge >= 0.3 is 0 Å². The van der Waals surface area contributed by atoms with E-state index in [-0.39, 0.29) is 22.7 Å². The number of thioether (sulfide) groups is 1. The molecule has 1 heterocycles. The molecule has 2 amide bonds. The van der Waals surface area contributed by atoms with Gasteiger partial charge in [0, 0.05) is 36.4 Å². The van der Waals surface area contributed by atoms with Gasteiger partial charge in [-0.1, -0.05) is 23.4 Å². The molecule has 0 radical (unpaired) electrons. The van der Waals surface area contributed by atoms with Crippen LogP contribution in [0.15, 0.2) is 46.3 Å². The standard InChI is InChI=1S/C23H25N5O5S/c1-12-6-7-19(24-14(3)29)18(8-12)20-22(31)26-23(28-27-20)34-13(2)21(30)25-15-9-16(32-4)11-17(10-15)33-5/h6-11,13H,1-5H3,(H,24,29)(H,25,30)(H,26,28,31). The van der Waals surface area contributed by atoms with Crippen molar-refractivity contribution < 1.29 is 19.1 Å². The van der Waals surface area contributed by atoms with Crippen molar-refractivity contribution >= 4 is 35.0 Å². The van der Waals surface area contributed by atoms with Crippen molar-refractivity contribution in [2.75, 3.05) is 24.9 Å². The van der Waals surface area contributed by atoms with E-state index in [2.05, 4.69) is 25.8 Å². The fraction of sp³-hybridized carbons (Fsp3) is 0.261. The van der Waals surface area contributed by atoms with E-state index in [4.69, 9.17) is 9.47 Å². The Morgan fingerprint density at radius 2 is 1.71 bits per heavy atom. The number of rotatable bonds is 8. The van der Waals surface area contributed by atoms with Gasteiger partial charge in [-0.2, -0.15) is 0 Å². The Morgan fingerprint density at radius 1 is 1.03 bits per heavy atom. The number of hydrogen-bond acceptors (Lipinski definition) is 8. The molecule has 1 unspecified atom stereocenters. The maximum atomic E-state index is 12.8. The summed E-state index contributed by atoms with van der Waals surface area (Å²) in [5.74, 6) is 0.500. The smallest absolute Gasteiger partial charge is 0.278 e. The third-order valence-electron chi connectivity index (χ3n) is 4.69. The number of anilines is 2. The van der Waals surface area contributed by atoms with Gasteiger partial charge < -0.3 is 20.1 Å². The number of carbonyl (C=O) groups is 2. The minimum absolute atomic E-state index is 0.0670. The molecule has 1 atom stereocenters. The Hall–Kier alpha value is -3.86. The lowest BCUT2D eigenvalue weighted by atomic mass is 10.1. The maximum absolute atomic E-state index is 12.8. The number of aromatic nitrogens is 3. The van der Waals surface area contributed by atoms with Crippen LogP contribution in [0.3, 0.4) is 0 Å². The molecule has 1 aromatic heterocycles. The summed E-state index contributed by atoms with van der Waals surface area (Å²) in [6.45, 7) is 4.93. The number of nitrogens with zero attached hydrogens (tertiary/aromatic N) is 2.